The first-order valence-electron chi connectivity index (χ1n) is 8.09. The summed E-state index contributed by atoms with van der Waals surface area (Å²) in [6, 6.07) is 7.33. The van der Waals surface area contributed by atoms with Gasteiger partial charge in [0.2, 0.25) is 0 Å². The van der Waals surface area contributed by atoms with E-state index in [0.29, 0.717) is 11.8 Å². The second kappa shape index (κ2) is 5.05. The van der Waals surface area contributed by atoms with Crippen molar-refractivity contribution in [2.24, 2.45) is 5.92 Å². The molecule has 4 rings (SSSR count). The zero-order chi connectivity index (χ0) is 13.5. The standard InChI is InChI=1S/C17H24N2O/c20-17-3-1-2-14-15(17)6-7-16(14)18-10-12-8-9-19(11-12)13-4-5-13/h1-3,12-13,16,18,20H,4-11H2. The molecule has 3 heteroatoms. The third-order valence-corrected chi connectivity index (χ3v) is 5.28. The van der Waals surface area contributed by atoms with Crippen LogP contribution < -0.4 is 5.32 Å². The summed E-state index contributed by atoms with van der Waals surface area (Å²) in [5.74, 6) is 1.30. The Morgan fingerprint density at radius 3 is 2.95 bits per heavy atom. The zero-order valence-electron chi connectivity index (χ0n) is 12.0. The highest BCUT2D eigenvalue weighted by molar-refractivity contribution is 5.44. The highest BCUT2D eigenvalue weighted by atomic mass is 16.3. The van der Waals surface area contributed by atoms with Gasteiger partial charge in [0.15, 0.2) is 0 Å². The normalized spacial score (nSPS) is 29.8. The molecule has 0 spiro atoms. The van der Waals surface area contributed by atoms with Gasteiger partial charge in [-0.25, -0.2) is 0 Å². The van der Waals surface area contributed by atoms with Crippen LogP contribution in [0.3, 0.4) is 0 Å². The molecule has 0 amide bonds. The summed E-state index contributed by atoms with van der Waals surface area (Å²) in [6.45, 7) is 3.72. The fraction of sp³-hybridized carbons (Fsp3) is 0.647. The fourth-order valence-electron chi connectivity index (χ4n) is 3.96. The lowest BCUT2D eigenvalue weighted by molar-refractivity contribution is 0.309. The van der Waals surface area contributed by atoms with E-state index in [1.54, 1.807) is 0 Å². The van der Waals surface area contributed by atoms with Crippen LogP contribution >= 0.6 is 0 Å². The van der Waals surface area contributed by atoms with Crippen molar-refractivity contribution in [2.75, 3.05) is 19.6 Å². The van der Waals surface area contributed by atoms with E-state index in [4.69, 9.17) is 0 Å². The van der Waals surface area contributed by atoms with E-state index >= 15 is 0 Å². The molecule has 1 saturated heterocycles. The van der Waals surface area contributed by atoms with Crippen LogP contribution in [-0.4, -0.2) is 35.7 Å². The predicted octanol–water partition coefficient (Wildman–Crippen LogP) is 2.45. The number of hydrogen-bond donors (Lipinski definition) is 2. The van der Waals surface area contributed by atoms with Gasteiger partial charge in [0, 0.05) is 18.6 Å². The molecule has 0 aromatic heterocycles. The highest BCUT2D eigenvalue weighted by Gasteiger charge is 2.34. The number of phenols is 1. The summed E-state index contributed by atoms with van der Waals surface area (Å²) in [5, 5.41) is 13.6. The lowest BCUT2D eigenvalue weighted by atomic mass is 10.1. The molecule has 3 nitrogen and oxygen atoms in total. The minimum atomic E-state index is 0.451. The number of rotatable bonds is 4. The van der Waals surface area contributed by atoms with Gasteiger partial charge >= 0.3 is 0 Å². The van der Waals surface area contributed by atoms with E-state index in [9.17, 15) is 5.11 Å². The second-order valence-electron chi connectivity index (χ2n) is 6.73. The van der Waals surface area contributed by atoms with E-state index in [0.717, 1.165) is 36.9 Å². The summed E-state index contributed by atoms with van der Waals surface area (Å²) in [4.78, 5) is 2.68. The minimum Gasteiger partial charge on any atom is -0.508 e. The van der Waals surface area contributed by atoms with Crippen molar-refractivity contribution in [2.45, 2.75) is 44.2 Å². The Morgan fingerprint density at radius 2 is 2.10 bits per heavy atom. The molecule has 2 fully saturated rings. The molecule has 1 aliphatic heterocycles. The van der Waals surface area contributed by atoms with Crippen LogP contribution in [0.25, 0.3) is 0 Å². The van der Waals surface area contributed by atoms with Gasteiger partial charge in [0.25, 0.3) is 0 Å². The molecule has 1 aromatic carbocycles. The van der Waals surface area contributed by atoms with Crippen LogP contribution in [0.5, 0.6) is 5.75 Å². The van der Waals surface area contributed by atoms with Crippen molar-refractivity contribution in [1.29, 1.82) is 0 Å². The molecule has 1 aromatic rings. The van der Waals surface area contributed by atoms with Gasteiger partial charge in [-0.1, -0.05) is 12.1 Å². The van der Waals surface area contributed by atoms with Gasteiger partial charge in [0.05, 0.1) is 0 Å². The highest BCUT2D eigenvalue weighted by Crippen LogP contribution is 2.37. The number of likely N-dealkylation sites (tertiary alicyclic amines) is 1. The third-order valence-electron chi connectivity index (χ3n) is 5.28. The van der Waals surface area contributed by atoms with Gasteiger partial charge in [-0.3, -0.25) is 0 Å². The van der Waals surface area contributed by atoms with Crippen LogP contribution in [0.15, 0.2) is 18.2 Å². The average Bonchev–Trinajstić information content (AvgIpc) is 3.05. The number of aromatic hydroxyl groups is 1. The molecule has 1 heterocycles. The maximum absolute atomic E-state index is 9.90. The smallest absolute Gasteiger partial charge is 0.119 e. The molecule has 20 heavy (non-hydrogen) atoms. The summed E-state index contributed by atoms with van der Waals surface area (Å²) in [5.41, 5.74) is 2.48. The maximum atomic E-state index is 9.90. The van der Waals surface area contributed by atoms with E-state index in [1.807, 2.05) is 12.1 Å². The Hall–Kier alpha value is -1.06. The van der Waals surface area contributed by atoms with E-state index in [2.05, 4.69) is 16.3 Å². The van der Waals surface area contributed by atoms with Crippen molar-refractivity contribution in [1.82, 2.24) is 10.2 Å². The fourth-order valence-corrected chi connectivity index (χ4v) is 3.96. The topological polar surface area (TPSA) is 35.5 Å². The largest absolute Gasteiger partial charge is 0.508 e. The molecule has 0 radical (unpaired) electrons. The van der Waals surface area contributed by atoms with E-state index in [1.165, 1.54) is 37.9 Å². The summed E-state index contributed by atoms with van der Waals surface area (Å²) >= 11 is 0. The number of phenolic OH excluding ortho intramolecular Hbond substituents is 1. The Morgan fingerprint density at radius 1 is 1.20 bits per heavy atom. The van der Waals surface area contributed by atoms with Crippen LogP contribution in [0, 0.1) is 5.92 Å². The van der Waals surface area contributed by atoms with Gasteiger partial charge in [-0.15, -0.1) is 0 Å². The van der Waals surface area contributed by atoms with E-state index < -0.39 is 0 Å². The van der Waals surface area contributed by atoms with Crippen LogP contribution in [0.1, 0.15) is 42.9 Å². The van der Waals surface area contributed by atoms with Crippen LogP contribution in [-0.2, 0) is 6.42 Å². The molecule has 1 saturated carbocycles. The van der Waals surface area contributed by atoms with Crippen molar-refractivity contribution in [3.8, 4) is 5.75 Å². The average molecular weight is 272 g/mol. The zero-order valence-corrected chi connectivity index (χ0v) is 12.0. The molecule has 2 atom stereocenters. The summed E-state index contributed by atoms with van der Waals surface area (Å²) < 4.78 is 0. The van der Waals surface area contributed by atoms with Crippen molar-refractivity contribution < 1.29 is 5.11 Å². The Balaban J connectivity index is 1.34. The first-order chi connectivity index (χ1) is 9.81. The second-order valence-corrected chi connectivity index (χ2v) is 6.73. The molecular weight excluding hydrogens is 248 g/mol. The summed E-state index contributed by atoms with van der Waals surface area (Å²) in [6.07, 6.45) is 6.35. The Bertz CT molecular complexity index is 498. The summed E-state index contributed by atoms with van der Waals surface area (Å²) in [7, 11) is 0. The molecule has 3 aliphatic rings. The van der Waals surface area contributed by atoms with Gasteiger partial charge < -0.3 is 15.3 Å². The molecule has 2 aliphatic carbocycles. The number of benzene rings is 1. The van der Waals surface area contributed by atoms with E-state index in [-0.39, 0.29) is 0 Å². The quantitative estimate of drug-likeness (QED) is 0.884. The number of fused-ring (bicyclic) bond motifs is 1. The lowest BCUT2D eigenvalue weighted by Gasteiger charge is -2.18. The predicted molar refractivity (Wildman–Crippen MR) is 79.9 cm³/mol. The SMILES string of the molecule is Oc1cccc2c1CCC2NCC1CCN(C2CC2)C1. The molecule has 2 N–H and O–H groups in total. The first kappa shape index (κ1) is 12.7. The van der Waals surface area contributed by atoms with Gasteiger partial charge in [-0.05, 0) is 68.3 Å². The molecule has 2 unspecified atom stereocenters. The number of nitrogens with one attached hydrogen (secondary N) is 1. The Labute approximate surface area is 121 Å². The Kier molecular flexibility index (Phi) is 3.20. The van der Waals surface area contributed by atoms with Crippen LogP contribution in [0.2, 0.25) is 0 Å². The monoisotopic (exact) mass is 272 g/mol. The lowest BCUT2D eigenvalue weighted by Crippen LogP contribution is -2.29. The maximum Gasteiger partial charge on any atom is 0.119 e. The third kappa shape index (κ3) is 2.33. The number of hydrogen-bond acceptors (Lipinski definition) is 3. The minimum absolute atomic E-state index is 0.451. The van der Waals surface area contributed by atoms with Crippen molar-refractivity contribution >= 4 is 0 Å². The van der Waals surface area contributed by atoms with Gasteiger partial charge in [0.1, 0.15) is 5.75 Å². The molecule has 108 valence electrons. The van der Waals surface area contributed by atoms with Crippen molar-refractivity contribution in [3.63, 3.8) is 0 Å². The number of nitrogens with zero attached hydrogens (tertiary/aromatic N) is 1. The molecular formula is C17H24N2O. The van der Waals surface area contributed by atoms with Gasteiger partial charge in [-0.2, -0.15) is 0 Å². The molecule has 0 bridgehead atoms. The van der Waals surface area contributed by atoms with Crippen LogP contribution in [0.4, 0.5) is 0 Å². The first-order valence-corrected chi connectivity index (χ1v) is 8.09. The van der Waals surface area contributed by atoms with Crippen molar-refractivity contribution in [3.05, 3.63) is 29.3 Å².